The number of carboxylic acids is 1. The molecule has 1 aliphatic rings. The van der Waals surface area contributed by atoms with Crippen LogP contribution in [0, 0.1) is 0 Å². The predicted molar refractivity (Wildman–Crippen MR) is 89.1 cm³/mol. The summed E-state index contributed by atoms with van der Waals surface area (Å²) in [5.41, 5.74) is -0.492. The van der Waals surface area contributed by atoms with Crippen molar-refractivity contribution in [2.45, 2.75) is 77.1 Å². The lowest BCUT2D eigenvalue weighted by molar-refractivity contribution is -0.137. The maximum Gasteiger partial charge on any atom is 0.407 e. The molecule has 0 radical (unpaired) electrons. The van der Waals surface area contributed by atoms with Crippen LogP contribution in [0.2, 0.25) is 0 Å². The third-order valence-electron chi connectivity index (χ3n) is 3.63. The molecule has 140 valence electrons. The summed E-state index contributed by atoms with van der Waals surface area (Å²) in [6.45, 7) is 6.87. The topological polar surface area (TPSA) is 94.1 Å². The van der Waals surface area contributed by atoms with Crippen molar-refractivity contribution in [1.29, 1.82) is 0 Å². The minimum absolute atomic E-state index is 0.156. The van der Waals surface area contributed by atoms with Crippen LogP contribution in [0.15, 0.2) is 0 Å². The number of rotatable bonds is 9. The average Bonchev–Trinajstić information content (AvgIpc) is 2.47. The fourth-order valence-corrected chi connectivity index (χ4v) is 2.53. The van der Waals surface area contributed by atoms with Crippen molar-refractivity contribution in [2.24, 2.45) is 0 Å². The van der Waals surface area contributed by atoms with Gasteiger partial charge in [0.05, 0.1) is 18.8 Å². The van der Waals surface area contributed by atoms with E-state index in [4.69, 9.17) is 19.3 Å². The van der Waals surface area contributed by atoms with Crippen LogP contribution in [0.4, 0.5) is 4.79 Å². The number of alkyl carbamates (subject to hydrolysis) is 1. The van der Waals surface area contributed by atoms with Gasteiger partial charge in [0.15, 0.2) is 0 Å². The third kappa shape index (κ3) is 10.4. The highest BCUT2D eigenvalue weighted by Gasteiger charge is 2.22. The largest absolute Gasteiger partial charge is 0.481 e. The number of hydrogen-bond donors (Lipinski definition) is 2. The molecular weight excluding hydrogens is 314 g/mol. The maximum atomic E-state index is 11.5. The molecule has 0 spiro atoms. The second-order valence-corrected chi connectivity index (χ2v) is 7.07. The normalized spacial score (nSPS) is 21.3. The predicted octanol–water partition coefficient (Wildman–Crippen LogP) is 2.72. The first-order chi connectivity index (χ1) is 11.3. The monoisotopic (exact) mass is 345 g/mol. The molecule has 2 N–H and O–H groups in total. The summed E-state index contributed by atoms with van der Waals surface area (Å²) in [7, 11) is 0. The maximum absolute atomic E-state index is 11.5. The number of carbonyl (C=O) groups is 2. The van der Waals surface area contributed by atoms with Gasteiger partial charge in [0.2, 0.25) is 0 Å². The van der Waals surface area contributed by atoms with Crippen molar-refractivity contribution >= 4 is 12.1 Å². The standard InChI is InChI=1S/C17H31NO6/c1-17(2,3)24-16(21)18-10-12-23-14-8-6-13(7-9-14)22-11-4-5-15(19)20/h13-14H,4-12H2,1-3H3,(H,18,21)(H,19,20). The van der Waals surface area contributed by atoms with Gasteiger partial charge in [-0.15, -0.1) is 0 Å². The fourth-order valence-electron chi connectivity index (χ4n) is 2.53. The highest BCUT2D eigenvalue weighted by molar-refractivity contribution is 5.67. The molecule has 0 atom stereocenters. The van der Waals surface area contributed by atoms with Crippen LogP contribution in [0.25, 0.3) is 0 Å². The Morgan fingerprint density at radius 3 is 2.08 bits per heavy atom. The summed E-state index contributed by atoms with van der Waals surface area (Å²) in [6, 6.07) is 0. The van der Waals surface area contributed by atoms with Crippen LogP contribution in [0.5, 0.6) is 0 Å². The van der Waals surface area contributed by atoms with E-state index in [0.29, 0.717) is 26.2 Å². The minimum atomic E-state index is -0.782. The Morgan fingerprint density at radius 1 is 1.04 bits per heavy atom. The first-order valence-corrected chi connectivity index (χ1v) is 8.68. The SMILES string of the molecule is CC(C)(C)OC(=O)NCCOC1CCC(OCCCC(=O)O)CC1. The smallest absolute Gasteiger partial charge is 0.407 e. The number of carbonyl (C=O) groups excluding carboxylic acids is 1. The van der Waals surface area contributed by atoms with E-state index in [0.717, 1.165) is 25.7 Å². The van der Waals surface area contributed by atoms with E-state index < -0.39 is 17.7 Å². The Bertz CT molecular complexity index is 385. The van der Waals surface area contributed by atoms with Gasteiger partial charge in [0.25, 0.3) is 0 Å². The first-order valence-electron chi connectivity index (χ1n) is 8.68. The third-order valence-corrected chi connectivity index (χ3v) is 3.63. The highest BCUT2D eigenvalue weighted by atomic mass is 16.6. The number of amides is 1. The molecule has 7 heteroatoms. The molecule has 1 saturated carbocycles. The average molecular weight is 345 g/mol. The molecule has 0 aromatic carbocycles. The first kappa shape index (κ1) is 20.7. The molecule has 7 nitrogen and oxygen atoms in total. The van der Waals surface area contributed by atoms with Gasteiger partial charge in [-0.1, -0.05) is 0 Å². The van der Waals surface area contributed by atoms with Crippen LogP contribution < -0.4 is 5.32 Å². The van der Waals surface area contributed by atoms with Crippen LogP contribution in [0.3, 0.4) is 0 Å². The molecule has 1 fully saturated rings. The molecule has 0 aromatic rings. The van der Waals surface area contributed by atoms with Gasteiger partial charge < -0.3 is 24.6 Å². The molecule has 1 aliphatic carbocycles. The van der Waals surface area contributed by atoms with Crippen LogP contribution in [-0.4, -0.2) is 54.7 Å². The molecule has 0 heterocycles. The Balaban J connectivity index is 2.02. The lowest BCUT2D eigenvalue weighted by Gasteiger charge is -2.28. The number of carboxylic acid groups (broad SMARTS) is 1. The van der Waals surface area contributed by atoms with Crippen molar-refractivity contribution < 1.29 is 28.9 Å². The van der Waals surface area contributed by atoms with E-state index >= 15 is 0 Å². The Hall–Kier alpha value is -1.34. The van der Waals surface area contributed by atoms with E-state index in [1.54, 1.807) is 0 Å². The van der Waals surface area contributed by atoms with Gasteiger partial charge >= 0.3 is 12.1 Å². The van der Waals surface area contributed by atoms with Gasteiger partial charge in [0.1, 0.15) is 5.60 Å². The van der Waals surface area contributed by atoms with Gasteiger partial charge in [-0.2, -0.15) is 0 Å². The van der Waals surface area contributed by atoms with Crippen molar-refractivity contribution in [3.05, 3.63) is 0 Å². The molecule has 1 rings (SSSR count). The Labute approximate surface area is 144 Å². The van der Waals surface area contributed by atoms with Gasteiger partial charge in [-0.05, 0) is 52.9 Å². The fraction of sp³-hybridized carbons (Fsp3) is 0.882. The number of ether oxygens (including phenoxy) is 3. The number of aliphatic carboxylic acids is 1. The summed E-state index contributed by atoms with van der Waals surface area (Å²) in [5, 5.41) is 11.2. The van der Waals surface area contributed by atoms with Gasteiger partial charge in [-0.3, -0.25) is 4.79 Å². The zero-order chi connectivity index (χ0) is 18.0. The van der Waals surface area contributed by atoms with Gasteiger partial charge in [0, 0.05) is 19.6 Å². The summed E-state index contributed by atoms with van der Waals surface area (Å²) in [6.07, 6.45) is 4.40. The second kappa shape index (κ2) is 10.5. The summed E-state index contributed by atoms with van der Waals surface area (Å²) in [4.78, 5) is 21.9. The highest BCUT2D eigenvalue weighted by Crippen LogP contribution is 2.23. The Morgan fingerprint density at radius 2 is 1.58 bits per heavy atom. The van der Waals surface area contributed by atoms with Crippen molar-refractivity contribution in [1.82, 2.24) is 5.32 Å². The van der Waals surface area contributed by atoms with E-state index in [1.807, 2.05) is 20.8 Å². The molecule has 0 aromatic heterocycles. The van der Waals surface area contributed by atoms with E-state index in [9.17, 15) is 9.59 Å². The minimum Gasteiger partial charge on any atom is -0.481 e. The summed E-state index contributed by atoms with van der Waals surface area (Å²) in [5.74, 6) is -0.782. The second-order valence-electron chi connectivity index (χ2n) is 7.07. The summed E-state index contributed by atoms with van der Waals surface area (Å²) < 4.78 is 16.6. The lowest BCUT2D eigenvalue weighted by atomic mass is 9.95. The zero-order valence-corrected chi connectivity index (χ0v) is 15.0. The molecule has 0 bridgehead atoms. The van der Waals surface area contributed by atoms with Crippen molar-refractivity contribution in [3.63, 3.8) is 0 Å². The van der Waals surface area contributed by atoms with Crippen molar-refractivity contribution in [3.8, 4) is 0 Å². The van der Waals surface area contributed by atoms with Gasteiger partial charge in [-0.25, -0.2) is 4.79 Å². The molecule has 0 aliphatic heterocycles. The van der Waals surface area contributed by atoms with E-state index in [2.05, 4.69) is 5.32 Å². The Kier molecular flexibility index (Phi) is 9.07. The van der Waals surface area contributed by atoms with E-state index in [1.165, 1.54) is 0 Å². The van der Waals surface area contributed by atoms with Crippen LogP contribution in [0.1, 0.15) is 59.3 Å². The molecule has 1 amide bonds. The van der Waals surface area contributed by atoms with Crippen molar-refractivity contribution in [2.75, 3.05) is 19.8 Å². The number of hydrogen-bond acceptors (Lipinski definition) is 5. The summed E-state index contributed by atoms with van der Waals surface area (Å²) >= 11 is 0. The van der Waals surface area contributed by atoms with Crippen LogP contribution in [-0.2, 0) is 19.0 Å². The molecule has 0 saturated heterocycles. The molecule has 24 heavy (non-hydrogen) atoms. The lowest BCUT2D eigenvalue weighted by Crippen LogP contribution is -2.35. The quantitative estimate of drug-likeness (QED) is 0.624. The number of nitrogens with one attached hydrogen (secondary N) is 1. The zero-order valence-electron chi connectivity index (χ0n) is 15.0. The molecule has 0 unspecified atom stereocenters. The van der Waals surface area contributed by atoms with E-state index in [-0.39, 0.29) is 18.6 Å². The molecular formula is C17H31NO6. The van der Waals surface area contributed by atoms with Crippen LogP contribution >= 0.6 is 0 Å².